The summed E-state index contributed by atoms with van der Waals surface area (Å²) in [6.45, 7) is 0.482. The molecule has 4 heteroatoms. The molecule has 0 heterocycles. The average Bonchev–Trinajstić information content (AvgIpc) is 2.78. The quantitative estimate of drug-likeness (QED) is 0.140. The van der Waals surface area contributed by atoms with Crippen molar-refractivity contribution in [2.24, 2.45) is 0 Å². The molecule has 3 aromatic carbocycles. The van der Waals surface area contributed by atoms with Gasteiger partial charge in [0.2, 0.25) is 0 Å². The third-order valence-electron chi connectivity index (χ3n) is 4.35. The summed E-state index contributed by atoms with van der Waals surface area (Å²) < 4.78 is 5.84. The molecule has 0 aromatic heterocycles. The van der Waals surface area contributed by atoms with Crippen LogP contribution in [0.15, 0.2) is 101 Å². The molecule has 0 N–H and O–H groups in total. The first-order valence-electron chi connectivity index (χ1n) is 9.97. The van der Waals surface area contributed by atoms with Gasteiger partial charge in [-0.05, 0) is 55.7 Å². The first-order valence-corrected chi connectivity index (χ1v) is 11.7. The van der Waals surface area contributed by atoms with Gasteiger partial charge >= 0.3 is 5.97 Å². The Bertz CT molecular complexity index is 797. The van der Waals surface area contributed by atoms with Crippen LogP contribution in [0.3, 0.4) is 0 Å². The molecule has 29 heavy (non-hydrogen) atoms. The molecule has 0 spiro atoms. The van der Waals surface area contributed by atoms with Gasteiger partial charge in [0, 0.05) is 9.79 Å². The zero-order valence-electron chi connectivity index (χ0n) is 16.4. The number of carbonyl (C=O) groups is 1. The highest BCUT2D eigenvalue weighted by Crippen LogP contribution is 2.38. The van der Waals surface area contributed by atoms with Crippen LogP contribution in [0.4, 0.5) is 0 Å². The van der Waals surface area contributed by atoms with Crippen LogP contribution in [0, 0.1) is 0 Å². The second-order valence-corrected chi connectivity index (χ2v) is 9.49. The zero-order chi connectivity index (χ0) is 20.2. The summed E-state index contributed by atoms with van der Waals surface area (Å²) in [4.78, 5) is 14.6. The lowest BCUT2D eigenvalue weighted by Crippen LogP contribution is -2.06. The number of esters is 1. The standard InChI is InChI=1S/C25H26O2S2/c26-25(21-13-5-1-6-14-21)27-20-12-4-11-19-24(28-22-15-7-2-8-16-22)29-23-17-9-3-10-18-23/h1-3,5-10,13-18,24H,4,11-12,19-20H2. The van der Waals surface area contributed by atoms with E-state index in [1.807, 2.05) is 41.7 Å². The van der Waals surface area contributed by atoms with Gasteiger partial charge in [-0.3, -0.25) is 0 Å². The van der Waals surface area contributed by atoms with E-state index in [0.29, 0.717) is 16.8 Å². The molecule has 0 saturated carbocycles. The smallest absolute Gasteiger partial charge is 0.338 e. The molecule has 0 aliphatic rings. The lowest BCUT2D eigenvalue weighted by atomic mass is 10.2. The molecule has 0 aliphatic heterocycles. The summed E-state index contributed by atoms with van der Waals surface area (Å²) in [5, 5.41) is 0. The first-order chi connectivity index (χ1) is 14.3. The molecule has 2 nitrogen and oxygen atoms in total. The number of thioether (sulfide) groups is 2. The molecule has 0 bridgehead atoms. The molecule has 0 aliphatic carbocycles. The predicted molar refractivity (Wildman–Crippen MR) is 124 cm³/mol. The van der Waals surface area contributed by atoms with E-state index in [9.17, 15) is 4.79 Å². The summed E-state index contributed by atoms with van der Waals surface area (Å²) >= 11 is 3.85. The lowest BCUT2D eigenvalue weighted by molar-refractivity contribution is 0.0498. The monoisotopic (exact) mass is 422 g/mol. The Morgan fingerprint density at radius 1 is 0.690 bits per heavy atom. The first kappa shape index (κ1) is 21.5. The van der Waals surface area contributed by atoms with Crippen LogP contribution in [0.5, 0.6) is 0 Å². The number of rotatable bonds is 11. The van der Waals surface area contributed by atoms with E-state index in [4.69, 9.17) is 4.74 Å². The van der Waals surface area contributed by atoms with E-state index in [0.717, 1.165) is 25.7 Å². The van der Waals surface area contributed by atoms with Crippen molar-refractivity contribution in [2.45, 2.75) is 40.1 Å². The van der Waals surface area contributed by atoms with Gasteiger partial charge in [-0.25, -0.2) is 4.79 Å². The second-order valence-electron chi connectivity index (χ2n) is 6.64. The van der Waals surface area contributed by atoms with Gasteiger partial charge in [0.25, 0.3) is 0 Å². The summed E-state index contributed by atoms with van der Waals surface area (Å²) in [6.07, 6.45) is 4.19. The Morgan fingerprint density at radius 2 is 1.21 bits per heavy atom. The highest BCUT2D eigenvalue weighted by molar-refractivity contribution is 8.17. The lowest BCUT2D eigenvalue weighted by Gasteiger charge is -2.16. The van der Waals surface area contributed by atoms with Gasteiger partial charge in [-0.1, -0.05) is 61.0 Å². The largest absolute Gasteiger partial charge is 0.462 e. The molecule has 0 amide bonds. The normalized spacial score (nSPS) is 10.8. The fourth-order valence-electron chi connectivity index (χ4n) is 2.86. The SMILES string of the molecule is O=C(OCCCCCC(Sc1ccccc1)Sc1ccccc1)c1ccccc1. The van der Waals surface area contributed by atoms with Gasteiger partial charge in [-0.15, -0.1) is 23.5 Å². The van der Waals surface area contributed by atoms with Crippen molar-refractivity contribution >= 4 is 29.5 Å². The van der Waals surface area contributed by atoms with Crippen LogP contribution in [0.2, 0.25) is 0 Å². The number of hydrogen-bond donors (Lipinski definition) is 0. The molecule has 3 rings (SSSR count). The van der Waals surface area contributed by atoms with Gasteiger partial charge < -0.3 is 4.74 Å². The minimum absolute atomic E-state index is 0.234. The topological polar surface area (TPSA) is 26.3 Å². The molecule has 3 aromatic rings. The van der Waals surface area contributed by atoms with Crippen LogP contribution in [0.25, 0.3) is 0 Å². The van der Waals surface area contributed by atoms with Crippen LogP contribution >= 0.6 is 23.5 Å². The number of ether oxygens (including phenoxy) is 1. The van der Waals surface area contributed by atoms with Crippen LogP contribution in [-0.2, 0) is 4.74 Å². The fourth-order valence-corrected chi connectivity index (χ4v) is 5.52. The molecule has 0 unspecified atom stereocenters. The van der Waals surface area contributed by atoms with Crippen molar-refractivity contribution in [3.05, 3.63) is 96.6 Å². The Hall–Kier alpha value is -2.17. The minimum atomic E-state index is -0.234. The van der Waals surface area contributed by atoms with Crippen molar-refractivity contribution in [1.82, 2.24) is 0 Å². The maximum absolute atomic E-state index is 12.0. The van der Waals surface area contributed by atoms with E-state index >= 15 is 0 Å². The van der Waals surface area contributed by atoms with E-state index in [2.05, 4.69) is 60.7 Å². The number of unbranched alkanes of at least 4 members (excludes halogenated alkanes) is 2. The van der Waals surface area contributed by atoms with Crippen LogP contribution in [-0.4, -0.2) is 17.2 Å². The van der Waals surface area contributed by atoms with Crippen LogP contribution in [0.1, 0.15) is 36.0 Å². The van der Waals surface area contributed by atoms with E-state index < -0.39 is 0 Å². The van der Waals surface area contributed by atoms with Gasteiger partial charge in [-0.2, -0.15) is 0 Å². The molecule has 0 fully saturated rings. The van der Waals surface area contributed by atoms with Crippen LogP contribution < -0.4 is 0 Å². The number of carbonyl (C=O) groups excluding carboxylic acids is 1. The second kappa shape index (κ2) is 12.4. The average molecular weight is 423 g/mol. The van der Waals surface area contributed by atoms with Crippen molar-refractivity contribution in [2.75, 3.05) is 6.61 Å². The molecule has 0 radical (unpaired) electrons. The van der Waals surface area contributed by atoms with Gasteiger partial charge in [0.1, 0.15) is 0 Å². The van der Waals surface area contributed by atoms with Crippen molar-refractivity contribution in [3.63, 3.8) is 0 Å². The molecule has 150 valence electrons. The molecule has 0 atom stereocenters. The summed E-state index contributed by atoms with van der Waals surface area (Å²) in [5.41, 5.74) is 0.617. The Kier molecular flexibility index (Phi) is 9.21. The summed E-state index contributed by atoms with van der Waals surface area (Å²) in [7, 11) is 0. The minimum Gasteiger partial charge on any atom is -0.462 e. The van der Waals surface area contributed by atoms with E-state index in [1.165, 1.54) is 9.79 Å². The Morgan fingerprint density at radius 3 is 1.76 bits per heavy atom. The van der Waals surface area contributed by atoms with Crippen molar-refractivity contribution in [1.29, 1.82) is 0 Å². The van der Waals surface area contributed by atoms with Crippen molar-refractivity contribution in [3.8, 4) is 0 Å². The maximum Gasteiger partial charge on any atom is 0.338 e. The zero-order valence-corrected chi connectivity index (χ0v) is 18.0. The van der Waals surface area contributed by atoms with Gasteiger partial charge in [0.05, 0.1) is 16.8 Å². The highest BCUT2D eigenvalue weighted by Gasteiger charge is 2.12. The maximum atomic E-state index is 12.0. The number of benzene rings is 3. The third kappa shape index (κ3) is 8.00. The third-order valence-corrected chi connectivity index (χ3v) is 7.01. The predicted octanol–water partition coefficient (Wildman–Crippen LogP) is 7.31. The summed E-state index contributed by atoms with van der Waals surface area (Å²) in [5.74, 6) is -0.234. The Balaban J connectivity index is 1.41. The van der Waals surface area contributed by atoms with Gasteiger partial charge in [0.15, 0.2) is 0 Å². The Labute approximate surface area is 182 Å². The van der Waals surface area contributed by atoms with E-state index in [1.54, 1.807) is 12.1 Å². The molecular formula is C25H26O2S2. The number of hydrogen-bond acceptors (Lipinski definition) is 4. The van der Waals surface area contributed by atoms with Crippen molar-refractivity contribution < 1.29 is 9.53 Å². The van der Waals surface area contributed by atoms with E-state index in [-0.39, 0.29) is 5.97 Å². The fraction of sp³-hybridized carbons (Fsp3) is 0.240. The molecule has 0 saturated heterocycles. The summed E-state index contributed by atoms with van der Waals surface area (Å²) in [6, 6.07) is 30.3. The molecular weight excluding hydrogens is 396 g/mol. The highest BCUT2D eigenvalue weighted by atomic mass is 32.2.